The van der Waals surface area contributed by atoms with Crippen molar-refractivity contribution in [2.45, 2.75) is 32.4 Å². The molecular weight excluding hydrogens is 292 g/mol. The Morgan fingerprint density at radius 2 is 2.19 bits per heavy atom. The predicted octanol–water partition coefficient (Wildman–Crippen LogP) is 0.502. The first kappa shape index (κ1) is 11.6. The molecule has 1 aromatic rings. The molecule has 1 aliphatic heterocycles. The zero-order chi connectivity index (χ0) is 18.9. The Kier molecular flexibility index (Phi) is 4.05. The Morgan fingerprint density at radius 3 is 2.86 bits per heavy atom. The second-order valence-electron chi connectivity index (χ2n) is 5.74. The van der Waals surface area contributed by atoms with Crippen molar-refractivity contribution in [2.24, 2.45) is 0 Å². The number of ether oxygens (including phenoxy) is 2. The largest absolute Gasteiger partial charge is 0.472 e. The predicted molar refractivity (Wildman–Crippen MR) is 82.2 cm³/mol. The van der Waals surface area contributed by atoms with Gasteiger partial charge in [-0.3, -0.25) is 0 Å². The van der Waals surface area contributed by atoms with Crippen LogP contribution in [0.1, 0.15) is 26.3 Å². The summed E-state index contributed by atoms with van der Waals surface area (Å²) in [4.78, 5) is 1.40. The van der Waals surface area contributed by atoms with Crippen LogP contribution >= 0.6 is 11.7 Å². The summed E-state index contributed by atoms with van der Waals surface area (Å²) in [7, 11) is 0. The van der Waals surface area contributed by atoms with E-state index in [0.717, 1.165) is 11.7 Å². The van der Waals surface area contributed by atoms with E-state index in [4.69, 9.17) is 15.0 Å². The summed E-state index contributed by atoms with van der Waals surface area (Å²) in [6.45, 7) is 1.61. The van der Waals surface area contributed by atoms with Crippen LogP contribution in [0.25, 0.3) is 0 Å². The number of aliphatic hydroxyl groups excluding tert-OH is 1. The highest BCUT2D eigenvalue weighted by atomic mass is 32.1. The molecule has 8 heteroatoms. The van der Waals surface area contributed by atoms with Gasteiger partial charge < -0.3 is 24.8 Å². The topological polar surface area (TPSA) is 79.7 Å². The second-order valence-corrected chi connectivity index (χ2v) is 6.26. The van der Waals surface area contributed by atoms with Crippen LogP contribution in [-0.2, 0) is 4.74 Å². The van der Waals surface area contributed by atoms with Gasteiger partial charge in [-0.25, -0.2) is 0 Å². The molecule has 0 radical (unpaired) electrons. The fourth-order valence-corrected chi connectivity index (χ4v) is 2.12. The van der Waals surface area contributed by atoms with Crippen LogP contribution in [0.5, 0.6) is 5.88 Å². The molecule has 2 rings (SSSR count). The third-order valence-electron chi connectivity index (χ3n) is 2.68. The van der Waals surface area contributed by atoms with Gasteiger partial charge in [0, 0.05) is 25.2 Å². The average molecular weight is 320 g/mol. The number of hydrogen-bond donors (Lipinski definition) is 2. The summed E-state index contributed by atoms with van der Waals surface area (Å²) in [5, 5.41) is 13.2. The number of rotatable bonds is 6. The molecule has 0 amide bonds. The van der Waals surface area contributed by atoms with Crippen LogP contribution in [0.2, 0.25) is 0 Å². The molecule has 1 saturated heterocycles. The van der Waals surface area contributed by atoms with Gasteiger partial charge >= 0.3 is 0 Å². The molecule has 0 aromatic carbocycles. The van der Waals surface area contributed by atoms with Crippen LogP contribution in [-0.4, -0.2) is 64.9 Å². The quantitative estimate of drug-likeness (QED) is 0.790. The van der Waals surface area contributed by atoms with Gasteiger partial charge in [-0.2, -0.15) is 4.37 Å². The van der Waals surface area contributed by atoms with Crippen LogP contribution in [0.3, 0.4) is 0 Å². The molecule has 1 atom stereocenters. The summed E-state index contributed by atoms with van der Waals surface area (Å²) in [6.07, 6.45) is -0.753. The van der Waals surface area contributed by atoms with Crippen molar-refractivity contribution >= 4 is 17.5 Å². The molecular formula is C13H24N4O3S. The molecule has 2 heterocycles. The van der Waals surface area contributed by atoms with E-state index >= 15 is 0 Å². The fraction of sp³-hybridized carbons (Fsp3) is 0.846. The SMILES string of the molecule is [2H]C1([2H])CN(c2nsnc2OC[C@@H](O)CNC(C)(C)C)CC([2H])([2H])O1. The van der Waals surface area contributed by atoms with E-state index in [1.807, 2.05) is 20.8 Å². The van der Waals surface area contributed by atoms with Crippen LogP contribution < -0.4 is 15.0 Å². The Morgan fingerprint density at radius 1 is 1.48 bits per heavy atom. The van der Waals surface area contributed by atoms with Crippen molar-refractivity contribution in [1.82, 2.24) is 14.1 Å². The van der Waals surface area contributed by atoms with Crippen molar-refractivity contribution in [3.8, 4) is 5.88 Å². The zero-order valence-corrected chi connectivity index (χ0v) is 13.2. The lowest BCUT2D eigenvalue weighted by atomic mass is 10.1. The van der Waals surface area contributed by atoms with E-state index < -0.39 is 19.2 Å². The molecule has 0 spiro atoms. The van der Waals surface area contributed by atoms with Crippen molar-refractivity contribution in [1.29, 1.82) is 0 Å². The summed E-state index contributed by atoms with van der Waals surface area (Å²) < 4.78 is 49.2. The summed E-state index contributed by atoms with van der Waals surface area (Å²) >= 11 is 0.880. The fourth-order valence-electron chi connectivity index (χ4n) is 1.60. The number of β-amino-alcohol motifs (C(OH)–C–C–N with tert-alkyl or cyclic N) is 1. The normalized spacial score (nSPS) is 25.4. The van der Waals surface area contributed by atoms with Crippen molar-refractivity contribution in [2.75, 3.05) is 44.3 Å². The van der Waals surface area contributed by atoms with Crippen LogP contribution in [0, 0.1) is 0 Å². The number of hydrogen-bond acceptors (Lipinski definition) is 8. The molecule has 0 aliphatic carbocycles. The minimum Gasteiger partial charge on any atom is -0.472 e. The molecule has 0 saturated carbocycles. The van der Waals surface area contributed by atoms with Gasteiger partial charge in [0.05, 0.1) is 30.3 Å². The van der Waals surface area contributed by atoms with E-state index in [0.29, 0.717) is 6.54 Å². The molecule has 1 fully saturated rings. The van der Waals surface area contributed by atoms with E-state index in [2.05, 4.69) is 14.1 Å². The van der Waals surface area contributed by atoms with Crippen molar-refractivity contribution in [3.63, 3.8) is 0 Å². The minimum atomic E-state index is -2.15. The third-order valence-corrected chi connectivity index (χ3v) is 3.18. The van der Waals surface area contributed by atoms with Crippen molar-refractivity contribution in [3.05, 3.63) is 0 Å². The molecule has 21 heavy (non-hydrogen) atoms. The minimum absolute atomic E-state index is 0.00831. The van der Waals surface area contributed by atoms with Gasteiger partial charge in [0.15, 0.2) is 0 Å². The zero-order valence-electron chi connectivity index (χ0n) is 16.4. The number of nitrogens with zero attached hydrogens (tertiary/aromatic N) is 3. The average Bonchev–Trinajstić information content (AvgIpc) is 2.87. The Bertz CT molecular complexity index is 566. The molecule has 7 nitrogen and oxygen atoms in total. The highest BCUT2D eigenvalue weighted by Crippen LogP contribution is 2.26. The Labute approximate surface area is 135 Å². The van der Waals surface area contributed by atoms with E-state index in [-0.39, 0.29) is 36.9 Å². The standard InChI is InChI=1S/C13H24N4O3S/c1-13(2,3)14-8-10(18)9-20-12-11(15-21-16-12)17-4-6-19-7-5-17/h10,14,18H,4-9H2,1-3H3/t10-/m0/s1/i6D2,7D2. The second kappa shape index (κ2) is 7.35. The maximum atomic E-state index is 9.99. The van der Waals surface area contributed by atoms with Gasteiger partial charge in [-0.15, -0.1) is 4.37 Å². The van der Waals surface area contributed by atoms with Gasteiger partial charge in [0.2, 0.25) is 5.82 Å². The first-order valence-corrected chi connectivity index (χ1v) is 7.44. The van der Waals surface area contributed by atoms with Gasteiger partial charge in [-0.05, 0) is 20.8 Å². The highest BCUT2D eigenvalue weighted by Gasteiger charge is 2.21. The monoisotopic (exact) mass is 320 g/mol. The summed E-state index contributed by atoms with van der Waals surface area (Å²) in [5.74, 6) is 0.394. The number of aliphatic hydroxyl groups is 1. The van der Waals surface area contributed by atoms with Crippen LogP contribution in [0.15, 0.2) is 0 Å². The number of anilines is 1. The molecule has 0 unspecified atom stereocenters. The van der Waals surface area contributed by atoms with Crippen molar-refractivity contribution < 1.29 is 20.1 Å². The number of morpholine rings is 1. The lowest BCUT2D eigenvalue weighted by Crippen LogP contribution is -2.42. The lowest BCUT2D eigenvalue weighted by molar-refractivity contribution is 0.0975. The highest BCUT2D eigenvalue weighted by molar-refractivity contribution is 6.99. The molecule has 2 N–H and O–H groups in total. The number of nitrogens with one attached hydrogen (secondary N) is 1. The molecule has 1 aliphatic rings. The molecule has 0 bridgehead atoms. The lowest BCUT2D eigenvalue weighted by Gasteiger charge is -2.27. The maximum Gasteiger partial charge on any atom is 0.270 e. The Balaban J connectivity index is 1.98. The van der Waals surface area contributed by atoms with E-state index in [9.17, 15) is 5.11 Å². The van der Waals surface area contributed by atoms with Gasteiger partial charge in [0.1, 0.15) is 12.7 Å². The molecule has 120 valence electrons. The first-order chi connectivity index (χ1) is 11.4. The third kappa shape index (κ3) is 5.39. The number of aromatic nitrogens is 2. The van der Waals surface area contributed by atoms with E-state index in [1.54, 1.807) is 0 Å². The first-order valence-electron chi connectivity index (χ1n) is 8.70. The van der Waals surface area contributed by atoms with Gasteiger partial charge in [0.25, 0.3) is 5.88 Å². The van der Waals surface area contributed by atoms with Gasteiger partial charge in [-0.1, -0.05) is 0 Å². The smallest absolute Gasteiger partial charge is 0.270 e. The summed E-state index contributed by atoms with van der Waals surface area (Å²) in [5.41, 5.74) is -0.126. The Hall–Kier alpha value is -0.960. The molecule has 1 aromatic heterocycles. The van der Waals surface area contributed by atoms with E-state index in [1.165, 1.54) is 4.90 Å². The van der Waals surface area contributed by atoms with Crippen LogP contribution in [0.4, 0.5) is 5.82 Å². The summed E-state index contributed by atoms with van der Waals surface area (Å²) in [6, 6.07) is 0. The maximum absolute atomic E-state index is 9.99.